The number of rotatable bonds is 7. The van der Waals surface area contributed by atoms with Crippen molar-refractivity contribution in [1.82, 2.24) is 5.32 Å². The molecule has 1 N–H and O–H groups in total. The molecule has 0 aromatic heterocycles. The van der Waals surface area contributed by atoms with Gasteiger partial charge in [-0.25, -0.2) is 0 Å². The summed E-state index contributed by atoms with van der Waals surface area (Å²) in [6.45, 7) is 12.6. The SMILES string of the molecule is CCCC(C)CCNC(C)(C)CC. The molecule has 0 amide bonds. The molecule has 0 radical (unpaired) electrons. The summed E-state index contributed by atoms with van der Waals surface area (Å²) in [4.78, 5) is 0. The summed E-state index contributed by atoms with van der Waals surface area (Å²) in [6, 6.07) is 0. The minimum Gasteiger partial charge on any atom is -0.312 e. The van der Waals surface area contributed by atoms with E-state index in [0.717, 1.165) is 5.92 Å². The average Bonchev–Trinajstić information content (AvgIpc) is 2.05. The summed E-state index contributed by atoms with van der Waals surface area (Å²) in [7, 11) is 0. The lowest BCUT2D eigenvalue weighted by atomic mass is 9.99. The lowest BCUT2D eigenvalue weighted by Crippen LogP contribution is -2.39. The molecule has 13 heavy (non-hydrogen) atoms. The largest absolute Gasteiger partial charge is 0.312 e. The Bertz CT molecular complexity index is 118. The smallest absolute Gasteiger partial charge is 0.0122 e. The van der Waals surface area contributed by atoms with Crippen LogP contribution in [0.15, 0.2) is 0 Å². The molecule has 0 aromatic carbocycles. The van der Waals surface area contributed by atoms with Crippen LogP contribution in [0.4, 0.5) is 0 Å². The Kier molecular flexibility index (Phi) is 6.40. The Morgan fingerprint density at radius 3 is 2.23 bits per heavy atom. The molecule has 0 saturated heterocycles. The first-order chi connectivity index (χ1) is 6.02. The quantitative estimate of drug-likeness (QED) is 0.639. The number of hydrogen-bond acceptors (Lipinski definition) is 1. The van der Waals surface area contributed by atoms with E-state index >= 15 is 0 Å². The van der Waals surface area contributed by atoms with Crippen LogP contribution in [0.25, 0.3) is 0 Å². The van der Waals surface area contributed by atoms with E-state index in [-0.39, 0.29) is 0 Å². The van der Waals surface area contributed by atoms with Gasteiger partial charge in [0.1, 0.15) is 0 Å². The fourth-order valence-corrected chi connectivity index (χ4v) is 1.42. The van der Waals surface area contributed by atoms with Gasteiger partial charge in [0.25, 0.3) is 0 Å². The summed E-state index contributed by atoms with van der Waals surface area (Å²) in [5, 5.41) is 3.60. The van der Waals surface area contributed by atoms with E-state index in [9.17, 15) is 0 Å². The molecular formula is C12H27N. The highest BCUT2D eigenvalue weighted by atomic mass is 14.9. The van der Waals surface area contributed by atoms with Gasteiger partial charge in [0.2, 0.25) is 0 Å². The minimum absolute atomic E-state index is 0.325. The normalized spacial score (nSPS) is 14.5. The summed E-state index contributed by atoms with van der Waals surface area (Å²) in [6.07, 6.45) is 5.21. The van der Waals surface area contributed by atoms with Crippen molar-refractivity contribution in [2.24, 2.45) is 5.92 Å². The van der Waals surface area contributed by atoms with Gasteiger partial charge in [0.05, 0.1) is 0 Å². The molecule has 0 fully saturated rings. The fraction of sp³-hybridized carbons (Fsp3) is 1.00. The van der Waals surface area contributed by atoms with Gasteiger partial charge in [0.15, 0.2) is 0 Å². The summed E-state index contributed by atoms with van der Waals surface area (Å²) in [5.41, 5.74) is 0.325. The van der Waals surface area contributed by atoms with Crippen molar-refractivity contribution in [3.05, 3.63) is 0 Å². The molecule has 0 bridgehead atoms. The Morgan fingerprint density at radius 1 is 1.15 bits per heavy atom. The molecule has 1 heteroatoms. The highest BCUT2D eigenvalue weighted by Crippen LogP contribution is 2.11. The van der Waals surface area contributed by atoms with Crippen LogP contribution in [-0.2, 0) is 0 Å². The third-order valence-corrected chi connectivity index (χ3v) is 2.91. The zero-order chi connectivity index (χ0) is 10.3. The fourth-order valence-electron chi connectivity index (χ4n) is 1.42. The van der Waals surface area contributed by atoms with Crippen LogP contribution in [0.3, 0.4) is 0 Å². The highest BCUT2D eigenvalue weighted by molar-refractivity contribution is 4.75. The van der Waals surface area contributed by atoms with E-state index in [0.29, 0.717) is 5.54 Å². The van der Waals surface area contributed by atoms with Crippen LogP contribution in [0.5, 0.6) is 0 Å². The zero-order valence-corrected chi connectivity index (χ0v) is 10.1. The second-order valence-electron chi connectivity index (χ2n) is 4.85. The van der Waals surface area contributed by atoms with E-state index in [4.69, 9.17) is 0 Å². The van der Waals surface area contributed by atoms with Gasteiger partial charge in [-0.2, -0.15) is 0 Å². The van der Waals surface area contributed by atoms with Crippen LogP contribution in [-0.4, -0.2) is 12.1 Å². The van der Waals surface area contributed by atoms with E-state index < -0.39 is 0 Å². The Balaban J connectivity index is 3.44. The first-order valence-electron chi connectivity index (χ1n) is 5.77. The third kappa shape index (κ3) is 7.06. The first-order valence-corrected chi connectivity index (χ1v) is 5.77. The van der Waals surface area contributed by atoms with Crippen molar-refractivity contribution in [2.45, 2.75) is 65.8 Å². The molecule has 0 rings (SSSR count). The number of nitrogens with one attached hydrogen (secondary N) is 1. The maximum atomic E-state index is 3.60. The molecule has 80 valence electrons. The van der Waals surface area contributed by atoms with E-state index in [1.165, 1.54) is 32.2 Å². The molecule has 0 saturated carbocycles. The summed E-state index contributed by atoms with van der Waals surface area (Å²) >= 11 is 0. The van der Waals surface area contributed by atoms with Crippen molar-refractivity contribution in [3.63, 3.8) is 0 Å². The van der Waals surface area contributed by atoms with Crippen molar-refractivity contribution >= 4 is 0 Å². The van der Waals surface area contributed by atoms with Crippen molar-refractivity contribution < 1.29 is 0 Å². The highest BCUT2D eigenvalue weighted by Gasteiger charge is 2.13. The molecule has 0 spiro atoms. The van der Waals surface area contributed by atoms with E-state index in [1.54, 1.807) is 0 Å². The second kappa shape index (κ2) is 6.42. The minimum atomic E-state index is 0.325. The van der Waals surface area contributed by atoms with E-state index in [2.05, 4.69) is 39.9 Å². The summed E-state index contributed by atoms with van der Waals surface area (Å²) < 4.78 is 0. The van der Waals surface area contributed by atoms with Crippen molar-refractivity contribution in [1.29, 1.82) is 0 Å². The van der Waals surface area contributed by atoms with Crippen LogP contribution < -0.4 is 5.32 Å². The molecule has 0 heterocycles. The Labute approximate surface area is 84.3 Å². The molecule has 1 atom stereocenters. The van der Waals surface area contributed by atoms with Crippen molar-refractivity contribution in [3.8, 4) is 0 Å². The van der Waals surface area contributed by atoms with Gasteiger partial charge in [-0.15, -0.1) is 0 Å². The van der Waals surface area contributed by atoms with Gasteiger partial charge >= 0.3 is 0 Å². The maximum absolute atomic E-state index is 3.60. The third-order valence-electron chi connectivity index (χ3n) is 2.91. The van der Waals surface area contributed by atoms with E-state index in [1.807, 2.05) is 0 Å². The topological polar surface area (TPSA) is 12.0 Å². The predicted molar refractivity (Wildman–Crippen MR) is 61.1 cm³/mol. The van der Waals surface area contributed by atoms with Crippen LogP contribution in [0.2, 0.25) is 0 Å². The monoisotopic (exact) mass is 185 g/mol. The van der Waals surface area contributed by atoms with Gasteiger partial charge in [-0.3, -0.25) is 0 Å². The van der Waals surface area contributed by atoms with Crippen LogP contribution >= 0.6 is 0 Å². The Morgan fingerprint density at radius 2 is 1.77 bits per heavy atom. The zero-order valence-electron chi connectivity index (χ0n) is 10.1. The van der Waals surface area contributed by atoms with Crippen molar-refractivity contribution in [2.75, 3.05) is 6.54 Å². The van der Waals surface area contributed by atoms with Gasteiger partial charge in [-0.1, -0.05) is 33.6 Å². The molecular weight excluding hydrogens is 158 g/mol. The summed E-state index contributed by atoms with van der Waals surface area (Å²) in [5.74, 6) is 0.880. The molecule has 1 unspecified atom stereocenters. The van der Waals surface area contributed by atoms with Gasteiger partial charge in [0, 0.05) is 5.54 Å². The molecule has 1 nitrogen and oxygen atoms in total. The van der Waals surface area contributed by atoms with Crippen LogP contribution in [0, 0.1) is 5.92 Å². The molecule has 0 aliphatic carbocycles. The van der Waals surface area contributed by atoms with Gasteiger partial charge < -0.3 is 5.32 Å². The molecule has 0 aliphatic rings. The number of hydrogen-bond donors (Lipinski definition) is 1. The Hall–Kier alpha value is -0.0400. The lowest BCUT2D eigenvalue weighted by Gasteiger charge is -2.25. The predicted octanol–water partition coefficient (Wildman–Crippen LogP) is 3.59. The standard InChI is InChI=1S/C12H27N/c1-6-8-11(3)9-10-13-12(4,5)7-2/h11,13H,6-10H2,1-5H3. The first kappa shape index (κ1) is 13.0. The molecule has 0 aromatic rings. The van der Waals surface area contributed by atoms with Gasteiger partial charge in [-0.05, 0) is 39.2 Å². The van der Waals surface area contributed by atoms with Crippen LogP contribution in [0.1, 0.15) is 60.3 Å². The lowest BCUT2D eigenvalue weighted by molar-refractivity contribution is 0.352. The second-order valence-corrected chi connectivity index (χ2v) is 4.85. The maximum Gasteiger partial charge on any atom is 0.0122 e. The molecule has 0 aliphatic heterocycles. The average molecular weight is 185 g/mol.